The highest BCUT2D eigenvalue weighted by Gasteiger charge is 2.26. The summed E-state index contributed by atoms with van der Waals surface area (Å²) < 4.78 is 5.26. The molecule has 2 N–H and O–H groups in total. The quantitative estimate of drug-likeness (QED) is 0.770. The highest BCUT2D eigenvalue weighted by atomic mass is 16.4. The first-order chi connectivity index (χ1) is 10.1. The maximum Gasteiger partial charge on any atom is 0.148 e. The lowest BCUT2D eigenvalue weighted by Gasteiger charge is -2.22. The molecular formula is C16H17N3O2. The average molecular weight is 283 g/mol. The highest BCUT2D eigenvalue weighted by molar-refractivity contribution is 5.76. The van der Waals surface area contributed by atoms with Crippen LogP contribution in [0, 0.1) is 6.92 Å². The summed E-state index contributed by atoms with van der Waals surface area (Å²) in [6, 6.07) is 11.2. The summed E-state index contributed by atoms with van der Waals surface area (Å²) in [7, 11) is 0. The van der Waals surface area contributed by atoms with Crippen LogP contribution in [0.3, 0.4) is 0 Å². The lowest BCUT2D eigenvalue weighted by Crippen LogP contribution is -2.30. The number of fused-ring (bicyclic) bond motifs is 1. The van der Waals surface area contributed by atoms with Crippen molar-refractivity contribution in [3.8, 4) is 0 Å². The monoisotopic (exact) mass is 283 g/mol. The van der Waals surface area contributed by atoms with Crippen molar-refractivity contribution in [2.75, 3.05) is 11.9 Å². The summed E-state index contributed by atoms with van der Waals surface area (Å²) in [5, 5.41) is 13.6. The predicted molar refractivity (Wildman–Crippen MR) is 81.0 cm³/mol. The van der Waals surface area contributed by atoms with Crippen molar-refractivity contribution in [1.82, 2.24) is 9.97 Å². The van der Waals surface area contributed by atoms with Crippen molar-refractivity contribution in [3.05, 3.63) is 54.1 Å². The minimum atomic E-state index is -1.11. The zero-order valence-electron chi connectivity index (χ0n) is 12.0. The molecule has 3 aromatic rings. The van der Waals surface area contributed by atoms with Crippen LogP contribution >= 0.6 is 0 Å². The molecule has 2 aromatic heterocycles. The van der Waals surface area contributed by atoms with E-state index in [1.165, 1.54) is 0 Å². The molecule has 0 bridgehead atoms. The maximum atomic E-state index is 10.4. The average Bonchev–Trinajstić information content (AvgIpc) is 3.00. The minimum Gasteiger partial charge on any atom is -0.466 e. The SMILES string of the molecule is Cc1nc2ccccc2nc1NCC(C)(O)c1ccco1. The zero-order valence-corrected chi connectivity index (χ0v) is 12.0. The Hall–Kier alpha value is -2.40. The first-order valence-electron chi connectivity index (χ1n) is 6.80. The fraction of sp³-hybridized carbons (Fsp3) is 0.250. The molecule has 0 aliphatic rings. The Morgan fingerprint density at radius 2 is 1.86 bits per heavy atom. The van der Waals surface area contributed by atoms with Crippen molar-refractivity contribution in [2.24, 2.45) is 0 Å². The normalized spacial score (nSPS) is 14.0. The molecule has 1 aromatic carbocycles. The number of nitrogens with zero attached hydrogens (tertiary/aromatic N) is 2. The van der Waals surface area contributed by atoms with Crippen molar-refractivity contribution in [2.45, 2.75) is 19.4 Å². The van der Waals surface area contributed by atoms with Crippen molar-refractivity contribution < 1.29 is 9.52 Å². The van der Waals surface area contributed by atoms with Gasteiger partial charge in [-0.3, -0.25) is 0 Å². The molecule has 5 heteroatoms. The molecule has 0 saturated carbocycles. The molecule has 21 heavy (non-hydrogen) atoms. The Bertz CT molecular complexity index is 751. The van der Waals surface area contributed by atoms with Crippen LogP contribution in [0.5, 0.6) is 0 Å². The molecule has 0 amide bonds. The Balaban J connectivity index is 1.83. The Kier molecular flexibility index (Phi) is 3.35. The number of aliphatic hydroxyl groups is 1. The third-order valence-electron chi connectivity index (χ3n) is 3.40. The second-order valence-corrected chi connectivity index (χ2v) is 5.25. The summed E-state index contributed by atoms with van der Waals surface area (Å²) >= 11 is 0. The second-order valence-electron chi connectivity index (χ2n) is 5.25. The summed E-state index contributed by atoms with van der Waals surface area (Å²) in [4.78, 5) is 9.05. The van der Waals surface area contributed by atoms with Crippen LogP contribution in [0.4, 0.5) is 5.82 Å². The molecule has 1 unspecified atom stereocenters. The van der Waals surface area contributed by atoms with Crippen molar-refractivity contribution in [3.63, 3.8) is 0 Å². The molecule has 5 nitrogen and oxygen atoms in total. The second kappa shape index (κ2) is 5.18. The van der Waals surface area contributed by atoms with Gasteiger partial charge in [-0.05, 0) is 38.1 Å². The molecule has 0 radical (unpaired) electrons. The molecule has 0 spiro atoms. The standard InChI is InChI=1S/C16H17N3O2/c1-11-15(19-13-7-4-3-6-12(13)18-11)17-10-16(2,20)14-8-5-9-21-14/h3-9,20H,10H2,1-2H3,(H,17,19). The van der Waals surface area contributed by atoms with Crippen LogP contribution in [-0.4, -0.2) is 21.6 Å². The smallest absolute Gasteiger partial charge is 0.148 e. The lowest BCUT2D eigenvalue weighted by molar-refractivity contribution is 0.0476. The van der Waals surface area contributed by atoms with Gasteiger partial charge >= 0.3 is 0 Å². The van der Waals surface area contributed by atoms with Gasteiger partial charge in [-0.15, -0.1) is 0 Å². The van der Waals surface area contributed by atoms with E-state index in [9.17, 15) is 5.11 Å². The van der Waals surface area contributed by atoms with Crippen LogP contribution in [0.1, 0.15) is 18.4 Å². The van der Waals surface area contributed by atoms with E-state index in [1.807, 2.05) is 31.2 Å². The van der Waals surface area contributed by atoms with E-state index >= 15 is 0 Å². The van der Waals surface area contributed by atoms with E-state index in [2.05, 4.69) is 15.3 Å². The van der Waals surface area contributed by atoms with Gasteiger partial charge in [0.15, 0.2) is 0 Å². The number of furan rings is 1. The first kappa shape index (κ1) is 13.6. The molecule has 3 rings (SSSR count). The highest BCUT2D eigenvalue weighted by Crippen LogP contribution is 2.22. The number of benzene rings is 1. The number of rotatable bonds is 4. The lowest BCUT2D eigenvalue weighted by atomic mass is 10.0. The third-order valence-corrected chi connectivity index (χ3v) is 3.40. The molecular weight excluding hydrogens is 266 g/mol. The van der Waals surface area contributed by atoms with E-state index in [4.69, 9.17) is 4.42 Å². The first-order valence-corrected chi connectivity index (χ1v) is 6.80. The van der Waals surface area contributed by atoms with Gasteiger partial charge in [-0.1, -0.05) is 12.1 Å². The molecule has 0 aliphatic carbocycles. The zero-order chi connectivity index (χ0) is 14.9. The molecule has 2 heterocycles. The van der Waals surface area contributed by atoms with Crippen molar-refractivity contribution >= 4 is 16.9 Å². The van der Waals surface area contributed by atoms with E-state index in [-0.39, 0.29) is 6.54 Å². The minimum absolute atomic E-state index is 0.286. The number of aryl methyl sites for hydroxylation is 1. The van der Waals surface area contributed by atoms with Gasteiger partial charge in [-0.2, -0.15) is 0 Å². The number of aromatic nitrogens is 2. The number of para-hydroxylation sites is 2. The van der Waals surface area contributed by atoms with E-state index in [0.717, 1.165) is 16.7 Å². The molecule has 1 atom stereocenters. The number of anilines is 1. The van der Waals surface area contributed by atoms with Crippen LogP contribution in [-0.2, 0) is 5.60 Å². The Labute approximate surface area is 122 Å². The van der Waals surface area contributed by atoms with E-state index < -0.39 is 5.60 Å². The summed E-state index contributed by atoms with van der Waals surface area (Å²) in [6.45, 7) is 3.88. The summed E-state index contributed by atoms with van der Waals surface area (Å²) in [5.41, 5.74) is 1.37. The van der Waals surface area contributed by atoms with Gasteiger partial charge in [0, 0.05) is 0 Å². The molecule has 0 aliphatic heterocycles. The van der Waals surface area contributed by atoms with E-state index in [0.29, 0.717) is 11.6 Å². The molecule has 108 valence electrons. The van der Waals surface area contributed by atoms with Crippen LogP contribution in [0.2, 0.25) is 0 Å². The van der Waals surface area contributed by atoms with E-state index in [1.54, 1.807) is 25.3 Å². The van der Waals surface area contributed by atoms with Gasteiger partial charge < -0.3 is 14.8 Å². The predicted octanol–water partition coefficient (Wildman–Crippen LogP) is 2.85. The molecule has 0 fully saturated rings. The fourth-order valence-electron chi connectivity index (χ4n) is 2.18. The molecule has 0 saturated heterocycles. The summed E-state index contributed by atoms with van der Waals surface area (Å²) in [5.74, 6) is 1.18. The Morgan fingerprint density at radius 3 is 2.52 bits per heavy atom. The third kappa shape index (κ3) is 2.73. The number of nitrogens with one attached hydrogen (secondary N) is 1. The maximum absolute atomic E-state index is 10.4. The van der Waals surface area contributed by atoms with Crippen LogP contribution in [0.25, 0.3) is 11.0 Å². The van der Waals surface area contributed by atoms with Crippen molar-refractivity contribution in [1.29, 1.82) is 0 Å². The number of hydrogen-bond donors (Lipinski definition) is 2. The van der Waals surface area contributed by atoms with Gasteiger partial charge in [0.2, 0.25) is 0 Å². The van der Waals surface area contributed by atoms with Gasteiger partial charge in [0.05, 0.1) is 29.5 Å². The summed E-state index contributed by atoms with van der Waals surface area (Å²) in [6.07, 6.45) is 1.55. The van der Waals surface area contributed by atoms with Gasteiger partial charge in [0.25, 0.3) is 0 Å². The fourth-order valence-corrected chi connectivity index (χ4v) is 2.18. The van der Waals surface area contributed by atoms with Gasteiger partial charge in [0.1, 0.15) is 17.2 Å². The van der Waals surface area contributed by atoms with Crippen LogP contribution in [0.15, 0.2) is 47.1 Å². The number of hydrogen-bond acceptors (Lipinski definition) is 5. The van der Waals surface area contributed by atoms with Crippen LogP contribution < -0.4 is 5.32 Å². The Morgan fingerprint density at radius 1 is 1.14 bits per heavy atom. The topological polar surface area (TPSA) is 71.2 Å². The largest absolute Gasteiger partial charge is 0.466 e. The van der Waals surface area contributed by atoms with Gasteiger partial charge in [-0.25, -0.2) is 9.97 Å².